The van der Waals surface area contributed by atoms with E-state index in [2.05, 4.69) is 21.9 Å². The summed E-state index contributed by atoms with van der Waals surface area (Å²) >= 11 is 3.38. The average Bonchev–Trinajstić information content (AvgIpc) is 2.29. The van der Waals surface area contributed by atoms with Crippen LogP contribution in [0, 0.1) is 12.3 Å². The first-order chi connectivity index (χ1) is 7.72. The van der Waals surface area contributed by atoms with Crippen LogP contribution in [0.15, 0.2) is 16.6 Å². The van der Waals surface area contributed by atoms with E-state index in [1.54, 1.807) is 12.1 Å². The molecule has 4 heteroatoms. The largest absolute Gasteiger partial charge is 0.486 e. The fourth-order valence-corrected chi connectivity index (χ4v) is 2.13. The number of benzene rings is 1. The quantitative estimate of drug-likeness (QED) is 0.846. The van der Waals surface area contributed by atoms with Crippen LogP contribution in [-0.2, 0) is 0 Å². The first kappa shape index (κ1) is 11.3. The van der Waals surface area contributed by atoms with Crippen LogP contribution in [0.4, 0.5) is 0 Å². The molecule has 3 nitrogen and oxygen atoms in total. The van der Waals surface area contributed by atoms with Crippen LogP contribution < -0.4 is 9.47 Å². The van der Waals surface area contributed by atoms with Crippen molar-refractivity contribution in [1.29, 1.82) is 0 Å². The van der Waals surface area contributed by atoms with Gasteiger partial charge in [0, 0.05) is 6.42 Å². The topological polar surface area (TPSA) is 38.7 Å². The fraction of sp³-hybridized carbons (Fsp3) is 0.333. The highest BCUT2D eigenvalue weighted by Gasteiger charge is 2.18. The van der Waals surface area contributed by atoms with Gasteiger partial charge in [-0.3, -0.25) is 0 Å². The minimum Gasteiger partial charge on any atom is -0.486 e. The molecule has 0 saturated carbocycles. The lowest BCUT2D eigenvalue weighted by atomic mass is 10.1. The minimum atomic E-state index is -0.669. The molecule has 1 heterocycles. The first-order valence-corrected chi connectivity index (χ1v) is 5.72. The molecule has 0 aromatic heterocycles. The second-order valence-corrected chi connectivity index (χ2v) is 4.31. The van der Waals surface area contributed by atoms with Gasteiger partial charge in [-0.25, -0.2) is 0 Å². The molecular formula is C12H11BrO3. The van der Waals surface area contributed by atoms with Crippen molar-refractivity contribution in [2.24, 2.45) is 0 Å². The standard InChI is InChI=1S/C12H11BrO3/c1-2-3-10(14)8-6-9(13)12-11(7-8)15-4-5-16-12/h1,6-7,10,14H,3-5H2. The molecule has 2 rings (SSSR count). The van der Waals surface area contributed by atoms with Gasteiger partial charge in [-0.15, -0.1) is 12.3 Å². The van der Waals surface area contributed by atoms with Crippen LogP contribution in [0.1, 0.15) is 18.1 Å². The molecule has 0 amide bonds. The van der Waals surface area contributed by atoms with E-state index in [-0.39, 0.29) is 6.42 Å². The molecule has 0 spiro atoms. The predicted octanol–water partition coefficient (Wildman–Crippen LogP) is 2.28. The number of hydrogen-bond donors (Lipinski definition) is 1. The summed E-state index contributed by atoms with van der Waals surface area (Å²) in [7, 11) is 0. The van der Waals surface area contributed by atoms with Gasteiger partial charge in [-0.2, -0.15) is 0 Å². The molecule has 1 aliphatic rings. The van der Waals surface area contributed by atoms with Crippen molar-refractivity contribution in [1.82, 2.24) is 0 Å². The molecule has 1 aromatic rings. The molecule has 1 N–H and O–H groups in total. The van der Waals surface area contributed by atoms with Crippen LogP contribution in [0.3, 0.4) is 0 Å². The Balaban J connectivity index is 2.36. The Kier molecular flexibility index (Phi) is 3.37. The molecule has 0 aliphatic carbocycles. The van der Waals surface area contributed by atoms with Crippen molar-refractivity contribution < 1.29 is 14.6 Å². The van der Waals surface area contributed by atoms with Crippen LogP contribution >= 0.6 is 15.9 Å². The SMILES string of the molecule is C#CCC(O)c1cc(Br)c2c(c1)OCCO2. The van der Waals surface area contributed by atoms with Gasteiger partial charge in [0.2, 0.25) is 0 Å². The predicted molar refractivity (Wildman–Crippen MR) is 63.5 cm³/mol. The summed E-state index contributed by atoms with van der Waals surface area (Å²) < 4.78 is 11.7. The van der Waals surface area contributed by atoms with Gasteiger partial charge in [0.25, 0.3) is 0 Å². The molecule has 16 heavy (non-hydrogen) atoms. The van der Waals surface area contributed by atoms with E-state index in [0.29, 0.717) is 24.7 Å². The Morgan fingerprint density at radius 2 is 2.19 bits per heavy atom. The van der Waals surface area contributed by atoms with Gasteiger partial charge >= 0.3 is 0 Å². The second-order valence-electron chi connectivity index (χ2n) is 3.45. The Hall–Kier alpha value is -1.18. The number of rotatable bonds is 2. The molecule has 0 bridgehead atoms. The first-order valence-electron chi connectivity index (χ1n) is 4.93. The normalized spacial score (nSPS) is 15.3. The summed E-state index contributed by atoms with van der Waals surface area (Å²) in [6, 6.07) is 3.57. The highest BCUT2D eigenvalue weighted by molar-refractivity contribution is 9.10. The van der Waals surface area contributed by atoms with Crippen LogP contribution in [-0.4, -0.2) is 18.3 Å². The molecule has 0 radical (unpaired) electrons. The molecule has 1 atom stereocenters. The maximum atomic E-state index is 9.79. The van der Waals surface area contributed by atoms with Crippen molar-refractivity contribution in [2.45, 2.75) is 12.5 Å². The molecule has 0 saturated heterocycles. The summed E-state index contributed by atoms with van der Waals surface area (Å²) in [6.07, 6.45) is 4.78. The fourth-order valence-electron chi connectivity index (χ4n) is 1.55. The Morgan fingerprint density at radius 3 is 2.94 bits per heavy atom. The number of hydrogen-bond acceptors (Lipinski definition) is 3. The van der Waals surface area contributed by atoms with E-state index < -0.39 is 6.10 Å². The van der Waals surface area contributed by atoms with Crippen molar-refractivity contribution in [2.75, 3.05) is 13.2 Å². The molecule has 1 aromatic carbocycles. The van der Waals surface area contributed by atoms with E-state index >= 15 is 0 Å². The van der Waals surface area contributed by atoms with Crippen molar-refractivity contribution >= 4 is 15.9 Å². The van der Waals surface area contributed by atoms with E-state index in [1.165, 1.54) is 0 Å². The van der Waals surface area contributed by atoms with Gasteiger partial charge in [0.05, 0.1) is 10.6 Å². The lowest BCUT2D eigenvalue weighted by molar-refractivity contribution is 0.165. The summed E-state index contributed by atoms with van der Waals surface area (Å²) in [4.78, 5) is 0. The third kappa shape index (κ3) is 2.16. The van der Waals surface area contributed by atoms with Crippen LogP contribution in [0.25, 0.3) is 0 Å². The Bertz CT molecular complexity index is 437. The average molecular weight is 283 g/mol. The second kappa shape index (κ2) is 4.77. The monoisotopic (exact) mass is 282 g/mol. The van der Waals surface area contributed by atoms with Gasteiger partial charge < -0.3 is 14.6 Å². The van der Waals surface area contributed by atoms with Crippen molar-refractivity contribution in [3.63, 3.8) is 0 Å². The number of halogens is 1. The zero-order valence-electron chi connectivity index (χ0n) is 8.57. The smallest absolute Gasteiger partial charge is 0.175 e. The van der Waals surface area contributed by atoms with Crippen LogP contribution in [0.2, 0.25) is 0 Å². The summed E-state index contributed by atoms with van der Waals surface area (Å²) in [6.45, 7) is 1.06. The number of terminal acetylenes is 1. The summed E-state index contributed by atoms with van der Waals surface area (Å²) in [5, 5.41) is 9.79. The van der Waals surface area contributed by atoms with Gasteiger partial charge in [0.1, 0.15) is 13.2 Å². The van der Waals surface area contributed by atoms with E-state index in [1.807, 2.05) is 0 Å². The summed E-state index contributed by atoms with van der Waals surface area (Å²) in [5.74, 6) is 3.76. The third-order valence-corrected chi connectivity index (χ3v) is 2.90. The molecular weight excluding hydrogens is 272 g/mol. The lowest BCUT2D eigenvalue weighted by Gasteiger charge is -2.21. The third-order valence-electron chi connectivity index (χ3n) is 2.32. The maximum absolute atomic E-state index is 9.79. The lowest BCUT2D eigenvalue weighted by Crippen LogP contribution is -2.16. The molecule has 84 valence electrons. The van der Waals surface area contributed by atoms with Gasteiger partial charge in [0.15, 0.2) is 11.5 Å². The zero-order chi connectivity index (χ0) is 11.5. The van der Waals surface area contributed by atoms with Gasteiger partial charge in [-0.1, -0.05) is 0 Å². The van der Waals surface area contributed by atoms with Crippen LogP contribution in [0.5, 0.6) is 11.5 Å². The minimum absolute atomic E-state index is 0.284. The Morgan fingerprint density at radius 1 is 1.44 bits per heavy atom. The van der Waals surface area contributed by atoms with E-state index in [9.17, 15) is 5.11 Å². The molecule has 1 unspecified atom stereocenters. The van der Waals surface area contributed by atoms with E-state index in [0.717, 1.165) is 10.0 Å². The molecule has 1 aliphatic heterocycles. The highest BCUT2D eigenvalue weighted by atomic mass is 79.9. The Labute approximate surface area is 103 Å². The number of ether oxygens (including phenoxy) is 2. The highest BCUT2D eigenvalue weighted by Crippen LogP contribution is 2.40. The zero-order valence-corrected chi connectivity index (χ0v) is 10.2. The number of aliphatic hydroxyl groups excluding tert-OH is 1. The number of fused-ring (bicyclic) bond motifs is 1. The van der Waals surface area contributed by atoms with E-state index in [4.69, 9.17) is 15.9 Å². The molecule has 0 fully saturated rings. The number of aliphatic hydroxyl groups is 1. The van der Waals surface area contributed by atoms with Crippen molar-refractivity contribution in [3.8, 4) is 23.8 Å². The van der Waals surface area contributed by atoms with Gasteiger partial charge in [-0.05, 0) is 33.6 Å². The van der Waals surface area contributed by atoms with Crippen molar-refractivity contribution in [3.05, 3.63) is 22.2 Å². The maximum Gasteiger partial charge on any atom is 0.175 e. The summed E-state index contributed by atoms with van der Waals surface area (Å²) in [5.41, 5.74) is 0.731.